The maximum atomic E-state index is 5.69. The van der Waals surface area contributed by atoms with E-state index >= 15 is 0 Å². The third-order valence-electron chi connectivity index (χ3n) is 2.29. The number of thioether (sulfide) groups is 1. The summed E-state index contributed by atoms with van der Waals surface area (Å²) < 4.78 is 5.69. The van der Waals surface area contributed by atoms with E-state index in [0.717, 1.165) is 17.2 Å². The second-order valence-corrected chi connectivity index (χ2v) is 5.78. The van der Waals surface area contributed by atoms with E-state index in [9.17, 15) is 0 Å². The molecule has 0 spiro atoms. The van der Waals surface area contributed by atoms with E-state index in [4.69, 9.17) is 4.42 Å². The van der Waals surface area contributed by atoms with E-state index in [1.807, 2.05) is 18.2 Å². The van der Waals surface area contributed by atoms with Gasteiger partial charge in [-0.2, -0.15) is 0 Å². The first kappa shape index (κ1) is 12.2. The number of aromatic nitrogens is 2. The van der Waals surface area contributed by atoms with E-state index in [1.54, 1.807) is 24.2 Å². The minimum atomic E-state index is 0.0107. The van der Waals surface area contributed by atoms with Crippen molar-refractivity contribution in [2.45, 2.75) is 37.2 Å². The second-order valence-electron chi connectivity index (χ2n) is 4.85. The predicted octanol–water partition coefficient (Wildman–Crippen LogP) is 3.66. The van der Waals surface area contributed by atoms with Crippen molar-refractivity contribution >= 4 is 11.8 Å². The molecule has 0 saturated carbocycles. The van der Waals surface area contributed by atoms with Crippen molar-refractivity contribution in [2.24, 2.45) is 0 Å². The smallest absolute Gasteiger partial charge is 0.256 e. The van der Waals surface area contributed by atoms with Crippen LogP contribution in [0.4, 0.5) is 0 Å². The van der Waals surface area contributed by atoms with Crippen LogP contribution in [0, 0.1) is 0 Å². The highest BCUT2D eigenvalue weighted by Crippen LogP contribution is 2.27. The van der Waals surface area contributed by atoms with Crippen LogP contribution >= 0.6 is 11.8 Å². The van der Waals surface area contributed by atoms with Crippen molar-refractivity contribution in [1.82, 2.24) is 9.97 Å². The van der Waals surface area contributed by atoms with E-state index in [2.05, 4.69) is 30.7 Å². The summed E-state index contributed by atoms with van der Waals surface area (Å²) in [7, 11) is 0. The fourth-order valence-corrected chi connectivity index (χ4v) is 2.01. The van der Waals surface area contributed by atoms with Gasteiger partial charge in [0.2, 0.25) is 0 Å². The van der Waals surface area contributed by atoms with Gasteiger partial charge in [0.1, 0.15) is 5.76 Å². The van der Waals surface area contributed by atoms with Gasteiger partial charge in [0.15, 0.2) is 0 Å². The van der Waals surface area contributed by atoms with Crippen molar-refractivity contribution in [2.75, 3.05) is 0 Å². The first-order chi connectivity index (χ1) is 8.05. The number of hydrogen-bond acceptors (Lipinski definition) is 4. The fourth-order valence-electron chi connectivity index (χ4n) is 1.29. The quantitative estimate of drug-likeness (QED) is 0.777. The number of nitrogens with zero attached hydrogens (tertiary/aromatic N) is 2. The van der Waals surface area contributed by atoms with Gasteiger partial charge in [0, 0.05) is 17.4 Å². The summed E-state index contributed by atoms with van der Waals surface area (Å²) in [4.78, 5) is 8.53. The zero-order valence-corrected chi connectivity index (χ0v) is 11.1. The van der Waals surface area contributed by atoms with Crippen LogP contribution in [0.3, 0.4) is 0 Å². The lowest BCUT2D eigenvalue weighted by Crippen LogP contribution is -2.09. The van der Waals surface area contributed by atoms with E-state index in [-0.39, 0.29) is 5.41 Å². The van der Waals surface area contributed by atoms with Crippen LogP contribution in [0.2, 0.25) is 0 Å². The summed E-state index contributed by atoms with van der Waals surface area (Å²) in [6.07, 6.45) is 3.60. The molecule has 0 radical (unpaired) electrons. The number of hydrogen-bond donors (Lipinski definition) is 0. The lowest BCUT2D eigenvalue weighted by Gasteiger charge is -2.12. The van der Waals surface area contributed by atoms with Crippen LogP contribution in [-0.4, -0.2) is 9.97 Å². The fraction of sp³-hybridized carbons (Fsp3) is 0.385. The summed E-state index contributed by atoms with van der Waals surface area (Å²) in [6.45, 7) is 6.34. The first-order valence-corrected chi connectivity index (χ1v) is 6.53. The van der Waals surface area contributed by atoms with Crippen LogP contribution in [-0.2, 0) is 11.2 Å². The highest BCUT2D eigenvalue weighted by molar-refractivity contribution is 7.98. The molecule has 0 fully saturated rings. The van der Waals surface area contributed by atoms with Gasteiger partial charge in [-0.25, -0.2) is 4.98 Å². The molecule has 2 rings (SSSR count). The zero-order valence-electron chi connectivity index (χ0n) is 10.3. The molecule has 0 N–H and O–H groups in total. The van der Waals surface area contributed by atoms with Gasteiger partial charge in [-0.15, -0.1) is 0 Å². The first-order valence-electron chi connectivity index (χ1n) is 5.55. The van der Waals surface area contributed by atoms with Gasteiger partial charge in [0.05, 0.1) is 11.9 Å². The zero-order chi connectivity index (χ0) is 12.3. The molecule has 0 saturated heterocycles. The molecule has 0 amide bonds. The molecule has 0 atom stereocenters. The summed E-state index contributed by atoms with van der Waals surface area (Å²) in [5.74, 6) is 1.70. The van der Waals surface area contributed by atoms with Gasteiger partial charge in [-0.05, 0) is 12.1 Å². The molecular formula is C13H16N2OS. The highest BCUT2D eigenvalue weighted by atomic mass is 32.2. The second kappa shape index (κ2) is 4.92. The molecule has 90 valence electrons. The van der Waals surface area contributed by atoms with E-state index in [1.165, 1.54) is 0 Å². The number of rotatable bonds is 3. The number of oxazole rings is 1. The minimum absolute atomic E-state index is 0.0107. The van der Waals surface area contributed by atoms with Crippen LogP contribution in [0.25, 0.3) is 0 Å². The molecule has 0 aliphatic heterocycles. The van der Waals surface area contributed by atoms with Crippen LogP contribution in [0.15, 0.2) is 40.2 Å². The lowest BCUT2D eigenvalue weighted by molar-refractivity contribution is 0.355. The molecule has 2 heterocycles. The summed E-state index contributed by atoms with van der Waals surface area (Å²) in [5.41, 5.74) is 1.05. The molecule has 4 heteroatoms. The Hall–Kier alpha value is -1.29. The predicted molar refractivity (Wildman–Crippen MR) is 69.0 cm³/mol. The summed E-state index contributed by atoms with van der Waals surface area (Å²) in [6, 6.07) is 5.90. The standard InChI is InChI=1S/C13H16N2OS/c1-13(2,3)11-8-15-12(16-11)17-9-10-6-4-5-7-14-10/h4-8H,9H2,1-3H3. The van der Waals surface area contributed by atoms with Crippen LogP contribution in [0.1, 0.15) is 32.2 Å². The van der Waals surface area contributed by atoms with Crippen LogP contribution in [0.5, 0.6) is 0 Å². The highest BCUT2D eigenvalue weighted by Gasteiger charge is 2.19. The van der Waals surface area contributed by atoms with Crippen molar-refractivity contribution in [1.29, 1.82) is 0 Å². The Balaban J connectivity index is 1.99. The number of pyridine rings is 1. The van der Waals surface area contributed by atoms with Crippen molar-refractivity contribution in [3.05, 3.63) is 42.0 Å². The van der Waals surface area contributed by atoms with Gasteiger partial charge in [-0.3, -0.25) is 4.98 Å². The Morgan fingerprint density at radius 2 is 2.06 bits per heavy atom. The summed E-state index contributed by atoms with van der Waals surface area (Å²) in [5, 5.41) is 0.709. The monoisotopic (exact) mass is 248 g/mol. The molecule has 0 bridgehead atoms. The van der Waals surface area contributed by atoms with Crippen molar-refractivity contribution in [3.8, 4) is 0 Å². The minimum Gasteiger partial charge on any atom is -0.436 e. The molecule has 2 aromatic heterocycles. The Kier molecular flexibility index (Phi) is 3.52. The average molecular weight is 248 g/mol. The molecule has 3 nitrogen and oxygen atoms in total. The molecule has 0 aromatic carbocycles. The maximum Gasteiger partial charge on any atom is 0.256 e. The van der Waals surface area contributed by atoms with Gasteiger partial charge in [-0.1, -0.05) is 38.6 Å². The molecule has 17 heavy (non-hydrogen) atoms. The van der Waals surface area contributed by atoms with E-state index < -0.39 is 0 Å². The van der Waals surface area contributed by atoms with Gasteiger partial charge < -0.3 is 4.42 Å². The summed E-state index contributed by atoms with van der Waals surface area (Å²) >= 11 is 1.57. The van der Waals surface area contributed by atoms with E-state index in [0.29, 0.717) is 5.22 Å². The average Bonchev–Trinajstić information content (AvgIpc) is 2.76. The van der Waals surface area contributed by atoms with Crippen molar-refractivity contribution < 1.29 is 4.42 Å². The third-order valence-corrected chi connectivity index (χ3v) is 3.17. The SMILES string of the molecule is CC(C)(C)c1cnc(SCc2ccccn2)o1. The Morgan fingerprint density at radius 1 is 1.24 bits per heavy atom. The lowest BCUT2D eigenvalue weighted by atomic mass is 9.94. The molecule has 0 unspecified atom stereocenters. The largest absolute Gasteiger partial charge is 0.436 e. The Bertz CT molecular complexity index is 474. The van der Waals surface area contributed by atoms with Gasteiger partial charge >= 0.3 is 0 Å². The molecular weight excluding hydrogens is 232 g/mol. The normalized spacial score (nSPS) is 11.7. The Labute approximate surface area is 106 Å². The van der Waals surface area contributed by atoms with Crippen LogP contribution < -0.4 is 0 Å². The molecule has 0 aliphatic carbocycles. The molecule has 0 aliphatic rings. The Morgan fingerprint density at radius 3 is 2.65 bits per heavy atom. The topological polar surface area (TPSA) is 38.9 Å². The third kappa shape index (κ3) is 3.33. The maximum absolute atomic E-state index is 5.69. The molecule has 2 aromatic rings. The van der Waals surface area contributed by atoms with Gasteiger partial charge in [0.25, 0.3) is 5.22 Å². The van der Waals surface area contributed by atoms with Crippen molar-refractivity contribution in [3.63, 3.8) is 0 Å².